The summed E-state index contributed by atoms with van der Waals surface area (Å²) in [5, 5.41) is 8.72. The molecule has 0 saturated heterocycles. The average Bonchev–Trinajstić information content (AvgIpc) is 3.66. The summed E-state index contributed by atoms with van der Waals surface area (Å²) in [7, 11) is 2.39. The second-order valence-corrected chi connectivity index (χ2v) is 15.2. The smallest absolute Gasteiger partial charge is 0.198 e. The van der Waals surface area contributed by atoms with E-state index in [0.717, 1.165) is 45.2 Å². The van der Waals surface area contributed by atoms with Crippen LogP contribution >= 0.6 is 0 Å². The molecule has 2 aromatic heterocycles. The lowest BCUT2D eigenvalue weighted by molar-refractivity contribution is 0.591. The Kier molecular flexibility index (Phi) is 7.21. The molecule has 3 heterocycles. The fraction of sp³-hybridized carbons (Fsp3) is 0.217. The minimum atomic E-state index is 0.0453. The second-order valence-electron chi connectivity index (χ2n) is 15.2. The van der Waals surface area contributed by atoms with Crippen LogP contribution in [-0.2, 0) is 11.8 Å². The van der Waals surface area contributed by atoms with E-state index in [4.69, 9.17) is 4.42 Å². The molecule has 0 unspecified atom stereocenters. The van der Waals surface area contributed by atoms with E-state index in [1.807, 2.05) is 6.07 Å². The first-order chi connectivity index (χ1) is 24.3. The van der Waals surface area contributed by atoms with Gasteiger partial charge in [0.15, 0.2) is 7.28 Å². The standard InChI is InChI=1S/C46H42BN2O/c1-6-7-8-13-29-18-21-31(22-19-29)48-38-16-11-9-14-32(38)35-24-28(2)43-36-25-30(46(3,4)5)20-23-39(36)49-40-26-34-33-15-10-12-17-41(33)50-42(34)27-37(40)47-44(35)45(43)49/h9-12,14-27,48H,6-8,13H2,1-5H3. The molecule has 0 atom stereocenters. The van der Waals surface area contributed by atoms with E-state index in [-0.39, 0.29) is 5.41 Å². The summed E-state index contributed by atoms with van der Waals surface area (Å²) in [6.45, 7) is 11.4. The molecular weight excluding hydrogens is 607 g/mol. The maximum Gasteiger partial charge on any atom is 0.198 e. The number of hydrogen-bond acceptors (Lipinski definition) is 2. The molecule has 0 spiro atoms. The van der Waals surface area contributed by atoms with Crippen molar-refractivity contribution in [2.75, 3.05) is 5.32 Å². The summed E-state index contributed by atoms with van der Waals surface area (Å²) in [5.41, 5.74) is 16.6. The molecule has 0 amide bonds. The molecule has 1 radical (unpaired) electrons. The number of benzene rings is 6. The lowest BCUT2D eigenvalue weighted by Crippen LogP contribution is -2.37. The average molecular weight is 650 g/mol. The second kappa shape index (κ2) is 11.7. The van der Waals surface area contributed by atoms with Gasteiger partial charge in [-0.3, -0.25) is 0 Å². The van der Waals surface area contributed by atoms with Crippen molar-refractivity contribution in [2.24, 2.45) is 0 Å². The first-order valence-corrected chi connectivity index (χ1v) is 18.2. The van der Waals surface area contributed by atoms with Crippen LogP contribution < -0.4 is 16.2 Å². The number of hydrogen-bond donors (Lipinski definition) is 1. The van der Waals surface area contributed by atoms with Crippen molar-refractivity contribution < 1.29 is 4.42 Å². The highest BCUT2D eigenvalue weighted by atomic mass is 16.3. The molecule has 0 aliphatic carbocycles. The molecule has 0 saturated carbocycles. The molecule has 8 aromatic rings. The van der Waals surface area contributed by atoms with Gasteiger partial charge in [-0.25, -0.2) is 0 Å². The van der Waals surface area contributed by atoms with E-state index >= 15 is 0 Å². The molecule has 1 N–H and O–H groups in total. The summed E-state index contributed by atoms with van der Waals surface area (Å²) in [6.07, 6.45) is 4.90. The van der Waals surface area contributed by atoms with Crippen molar-refractivity contribution in [3.05, 3.63) is 126 Å². The first-order valence-electron chi connectivity index (χ1n) is 18.2. The number of aryl methyl sites for hydroxylation is 2. The monoisotopic (exact) mass is 649 g/mol. The maximum absolute atomic E-state index is 6.42. The van der Waals surface area contributed by atoms with Crippen LogP contribution in [0.2, 0.25) is 0 Å². The number of nitrogens with one attached hydrogen (secondary N) is 1. The van der Waals surface area contributed by atoms with E-state index in [2.05, 4.69) is 155 Å². The van der Waals surface area contributed by atoms with Gasteiger partial charge in [-0.2, -0.15) is 0 Å². The van der Waals surface area contributed by atoms with Gasteiger partial charge in [0, 0.05) is 49.7 Å². The van der Waals surface area contributed by atoms with E-state index < -0.39 is 0 Å². The Hall–Kier alpha value is -5.22. The topological polar surface area (TPSA) is 30.1 Å². The molecule has 245 valence electrons. The third-order valence-corrected chi connectivity index (χ3v) is 10.7. The molecule has 0 fully saturated rings. The van der Waals surface area contributed by atoms with Gasteiger partial charge in [-0.1, -0.05) is 107 Å². The summed E-state index contributed by atoms with van der Waals surface area (Å²) in [5.74, 6) is 0. The largest absolute Gasteiger partial charge is 0.456 e. The van der Waals surface area contributed by atoms with Crippen molar-refractivity contribution in [1.82, 2.24) is 4.57 Å². The fourth-order valence-electron chi connectivity index (χ4n) is 8.08. The van der Waals surface area contributed by atoms with Gasteiger partial charge in [0.2, 0.25) is 0 Å². The van der Waals surface area contributed by atoms with E-state index in [9.17, 15) is 0 Å². The predicted molar refractivity (Wildman–Crippen MR) is 215 cm³/mol. The van der Waals surface area contributed by atoms with Gasteiger partial charge >= 0.3 is 0 Å². The Morgan fingerprint density at radius 2 is 1.54 bits per heavy atom. The highest BCUT2D eigenvalue weighted by Gasteiger charge is 2.29. The molecule has 1 aliphatic heterocycles. The zero-order valence-electron chi connectivity index (χ0n) is 29.7. The van der Waals surface area contributed by atoms with Crippen molar-refractivity contribution in [3.8, 4) is 16.8 Å². The Morgan fingerprint density at radius 3 is 2.36 bits per heavy atom. The number of fused-ring (bicyclic) bond motifs is 8. The van der Waals surface area contributed by atoms with Crippen LogP contribution in [0, 0.1) is 6.92 Å². The highest BCUT2D eigenvalue weighted by Crippen LogP contribution is 2.41. The SMILES string of the molecule is CCCCCc1ccc(Nc2ccccc2-c2cc(C)c3c4cc(C(C)(C)C)ccc4n4c3c2[B]c2cc3oc5ccccc5c3cc2-4)cc1. The molecule has 1 aliphatic rings. The summed E-state index contributed by atoms with van der Waals surface area (Å²) in [6, 6.07) is 40.2. The van der Waals surface area contributed by atoms with Crippen molar-refractivity contribution in [1.29, 1.82) is 0 Å². The van der Waals surface area contributed by atoms with Gasteiger partial charge in [0.1, 0.15) is 11.2 Å². The number of para-hydroxylation sites is 2. The summed E-state index contributed by atoms with van der Waals surface area (Å²) >= 11 is 0. The van der Waals surface area contributed by atoms with Crippen molar-refractivity contribution >= 4 is 73.3 Å². The van der Waals surface area contributed by atoms with Gasteiger partial charge in [0.05, 0.1) is 5.52 Å². The molecule has 9 rings (SSSR count). The number of rotatable bonds is 7. The first kappa shape index (κ1) is 30.8. The van der Waals surface area contributed by atoms with E-state index in [1.54, 1.807) is 0 Å². The molecule has 50 heavy (non-hydrogen) atoms. The Balaban J connectivity index is 1.26. The molecule has 6 aromatic carbocycles. The summed E-state index contributed by atoms with van der Waals surface area (Å²) < 4.78 is 8.94. The van der Waals surface area contributed by atoms with Crippen LogP contribution in [0.5, 0.6) is 0 Å². The molecular formula is C46H42BN2O. The fourth-order valence-corrected chi connectivity index (χ4v) is 8.08. The molecule has 4 heteroatoms. The van der Waals surface area contributed by atoms with Crippen LogP contribution in [0.15, 0.2) is 114 Å². The third kappa shape index (κ3) is 4.95. The van der Waals surface area contributed by atoms with Crippen LogP contribution in [-0.4, -0.2) is 11.8 Å². The number of anilines is 2. The lowest BCUT2D eigenvalue weighted by Gasteiger charge is -2.24. The number of unbranched alkanes of at least 4 members (excludes halogenated alkanes) is 2. The number of nitrogens with zero attached hydrogens (tertiary/aromatic N) is 1. The highest BCUT2D eigenvalue weighted by molar-refractivity contribution is 6.73. The maximum atomic E-state index is 6.42. The lowest BCUT2D eigenvalue weighted by atomic mass is 9.58. The minimum Gasteiger partial charge on any atom is -0.456 e. The van der Waals surface area contributed by atoms with Crippen LogP contribution in [0.4, 0.5) is 11.4 Å². The zero-order chi connectivity index (χ0) is 34.1. The Morgan fingerprint density at radius 1 is 0.740 bits per heavy atom. The zero-order valence-corrected chi connectivity index (χ0v) is 29.7. The predicted octanol–water partition coefficient (Wildman–Crippen LogP) is 11.4. The van der Waals surface area contributed by atoms with Crippen LogP contribution in [0.3, 0.4) is 0 Å². The van der Waals surface area contributed by atoms with Gasteiger partial charge < -0.3 is 14.3 Å². The van der Waals surface area contributed by atoms with Crippen molar-refractivity contribution in [3.63, 3.8) is 0 Å². The molecule has 3 nitrogen and oxygen atoms in total. The Bertz CT molecular complexity index is 2600. The normalized spacial score (nSPS) is 12.6. The van der Waals surface area contributed by atoms with E-state index in [1.165, 1.54) is 80.0 Å². The van der Waals surface area contributed by atoms with Crippen molar-refractivity contribution in [2.45, 2.75) is 65.7 Å². The van der Waals surface area contributed by atoms with Crippen LogP contribution in [0.25, 0.3) is 60.6 Å². The van der Waals surface area contributed by atoms with Crippen LogP contribution in [0.1, 0.15) is 63.6 Å². The quantitative estimate of drug-likeness (QED) is 0.138. The van der Waals surface area contributed by atoms with Gasteiger partial charge in [-0.15, -0.1) is 0 Å². The minimum absolute atomic E-state index is 0.0453. The van der Waals surface area contributed by atoms with Gasteiger partial charge in [-0.05, 0) is 101 Å². The third-order valence-electron chi connectivity index (χ3n) is 10.7. The summed E-state index contributed by atoms with van der Waals surface area (Å²) in [4.78, 5) is 0. The Labute approximate surface area is 295 Å². The van der Waals surface area contributed by atoms with E-state index in [0.29, 0.717) is 0 Å². The van der Waals surface area contributed by atoms with Gasteiger partial charge in [0.25, 0.3) is 0 Å². The number of aromatic nitrogens is 1. The number of furan rings is 1. The molecule has 0 bridgehead atoms.